The van der Waals surface area contributed by atoms with Crippen LogP contribution in [-0.4, -0.2) is 38.6 Å². The third-order valence-electron chi connectivity index (χ3n) is 5.25. The normalized spacial score (nSPS) is 16.8. The summed E-state index contributed by atoms with van der Waals surface area (Å²) in [7, 11) is 0. The molecule has 0 saturated carbocycles. The Morgan fingerprint density at radius 3 is 3.00 bits per heavy atom. The van der Waals surface area contributed by atoms with Crippen molar-refractivity contribution in [3.63, 3.8) is 0 Å². The molecule has 1 aliphatic heterocycles. The Kier molecular flexibility index (Phi) is 5.53. The molecule has 4 rings (SSSR count). The first-order valence-corrected chi connectivity index (χ1v) is 9.79. The summed E-state index contributed by atoms with van der Waals surface area (Å²) >= 11 is 0. The molecule has 3 heterocycles. The van der Waals surface area contributed by atoms with Gasteiger partial charge in [-0.25, -0.2) is 4.68 Å². The maximum absolute atomic E-state index is 12.4. The van der Waals surface area contributed by atoms with Gasteiger partial charge in [0, 0.05) is 42.7 Å². The monoisotopic (exact) mass is 378 g/mol. The lowest BCUT2D eigenvalue weighted by Gasteiger charge is -2.23. The molecule has 2 N–H and O–H groups in total. The molecule has 0 bridgehead atoms. The molecule has 0 aliphatic carbocycles. The van der Waals surface area contributed by atoms with E-state index in [4.69, 9.17) is 0 Å². The second-order valence-corrected chi connectivity index (χ2v) is 7.31. The molecule has 0 unspecified atom stereocenters. The number of piperidine rings is 1. The fraction of sp³-hybridized carbons (Fsp3) is 0.381. The van der Waals surface area contributed by atoms with E-state index >= 15 is 0 Å². The van der Waals surface area contributed by atoms with Crippen molar-refractivity contribution in [2.24, 2.45) is 0 Å². The molecule has 1 atom stereocenters. The van der Waals surface area contributed by atoms with Gasteiger partial charge in [-0.3, -0.25) is 9.48 Å². The number of rotatable bonds is 6. The first kappa shape index (κ1) is 18.4. The fourth-order valence-corrected chi connectivity index (χ4v) is 3.72. The summed E-state index contributed by atoms with van der Waals surface area (Å²) in [5.41, 5.74) is 4.30. The zero-order valence-electron chi connectivity index (χ0n) is 16.1. The van der Waals surface area contributed by atoms with Gasteiger partial charge in [0.2, 0.25) is 5.91 Å². The molecular formula is C21H26N6O. The number of hydrogen-bond acceptors (Lipinski definition) is 4. The highest BCUT2D eigenvalue weighted by Gasteiger charge is 2.19. The lowest BCUT2D eigenvalue weighted by molar-refractivity contribution is -0.122. The average molecular weight is 378 g/mol. The first-order valence-electron chi connectivity index (χ1n) is 9.79. The highest BCUT2D eigenvalue weighted by Crippen LogP contribution is 2.22. The Labute approximate surface area is 164 Å². The molecule has 28 heavy (non-hydrogen) atoms. The van der Waals surface area contributed by atoms with Crippen LogP contribution >= 0.6 is 0 Å². The minimum atomic E-state index is -0.0441. The topological polar surface area (TPSA) is 76.8 Å². The maximum atomic E-state index is 12.4. The molecule has 1 aliphatic rings. The Bertz CT molecular complexity index is 938. The SMILES string of the molecule is Cc1ccccc1-n1cc(CNC(=O)Cn2nccc2[C@H]2CCCNC2)cn1. The third kappa shape index (κ3) is 4.14. The van der Waals surface area contributed by atoms with Gasteiger partial charge < -0.3 is 10.6 Å². The molecule has 1 aromatic carbocycles. The van der Waals surface area contributed by atoms with Crippen LogP contribution in [0.15, 0.2) is 48.9 Å². The molecule has 7 heteroatoms. The molecular weight excluding hydrogens is 352 g/mol. The van der Waals surface area contributed by atoms with Crippen LogP contribution in [0.2, 0.25) is 0 Å². The van der Waals surface area contributed by atoms with Crippen LogP contribution in [0.3, 0.4) is 0 Å². The predicted molar refractivity (Wildman–Crippen MR) is 107 cm³/mol. The summed E-state index contributed by atoms with van der Waals surface area (Å²) < 4.78 is 3.67. The standard InChI is InChI=1S/C21H26N6O/c1-16-5-2-3-7-19(16)26-14-17(12-25-26)11-23-21(28)15-27-20(8-10-24-27)18-6-4-9-22-13-18/h2-3,5,7-8,10,12,14,18,22H,4,6,9,11,13,15H2,1H3,(H,23,28)/t18-/m0/s1. The number of aromatic nitrogens is 4. The van der Waals surface area contributed by atoms with Gasteiger partial charge in [0.25, 0.3) is 0 Å². The largest absolute Gasteiger partial charge is 0.350 e. The molecule has 1 fully saturated rings. The van der Waals surface area contributed by atoms with Crippen LogP contribution in [0.25, 0.3) is 5.69 Å². The van der Waals surface area contributed by atoms with Crippen molar-refractivity contribution < 1.29 is 4.79 Å². The van der Waals surface area contributed by atoms with Gasteiger partial charge in [-0.2, -0.15) is 10.2 Å². The highest BCUT2D eigenvalue weighted by molar-refractivity contribution is 5.75. The number of amides is 1. The fourth-order valence-electron chi connectivity index (χ4n) is 3.72. The molecule has 7 nitrogen and oxygen atoms in total. The number of carbonyl (C=O) groups is 1. The number of hydrogen-bond donors (Lipinski definition) is 2. The van der Waals surface area contributed by atoms with Crippen molar-refractivity contribution in [2.75, 3.05) is 13.1 Å². The molecule has 2 aromatic heterocycles. The van der Waals surface area contributed by atoms with Crippen molar-refractivity contribution in [2.45, 2.75) is 38.8 Å². The Balaban J connectivity index is 1.35. The molecule has 0 radical (unpaired) electrons. The first-order chi connectivity index (χ1) is 13.7. The molecule has 1 amide bonds. The quantitative estimate of drug-likeness (QED) is 0.689. The van der Waals surface area contributed by atoms with E-state index in [0.717, 1.165) is 48.4 Å². The van der Waals surface area contributed by atoms with E-state index in [0.29, 0.717) is 12.5 Å². The number of aryl methyl sites for hydroxylation is 1. The number of nitrogens with one attached hydrogen (secondary N) is 2. The smallest absolute Gasteiger partial charge is 0.242 e. The third-order valence-corrected chi connectivity index (χ3v) is 5.25. The number of benzene rings is 1. The Morgan fingerprint density at radius 2 is 2.18 bits per heavy atom. The zero-order valence-corrected chi connectivity index (χ0v) is 16.1. The molecule has 0 spiro atoms. The van der Waals surface area contributed by atoms with Crippen LogP contribution < -0.4 is 10.6 Å². The van der Waals surface area contributed by atoms with E-state index in [1.165, 1.54) is 0 Å². The van der Waals surface area contributed by atoms with Crippen molar-refractivity contribution >= 4 is 5.91 Å². The number of nitrogens with zero attached hydrogens (tertiary/aromatic N) is 4. The summed E-state index contributed by atoms with van der Waals surface area (Å²) in [6.45, 7) is 4.77. The minimum Gasteiger partial charge on any atom is -0.350 e. The van der Waals surface area contributed by atoms with Gasteiger partial charge >= 0.3 is 0 Å². The van der Waals surface area contributed by atoms with E-state index in [2.05, 4.69) is 33.8 Å². The van der Waals surface area contributed by atoms with Crippen LogP contribution in [0, 0.1) is 6.92 Å². The van der Waals surface area contributed by atoms with Gasteiger partial charge in [0.1, 0.15) is 6.54 Å². The summed E-state index contributed by atoms with van der Waals surface area (Å²) in [5.74, 6) is 0.383. The highest BCUT2D eigenvalue weighted by atomic mass is 16.2. The van der Waals surface area contributed by atoms with Gasteiger partial charge in [-0.15, -0.1) is 0 Å². The van der Waals surface area contributed by atoms with Crippen molar-refractivity contribution in [3.05, 3.63) is 65.7 Å². The second-order valence-electron chi connectivity index (χ2n) is 7.31. The van der Waals surface area contributed by atoms with Gasteiger partial charge in [-0.05, 0) is 44.0 Å². The Morgan fingerprint density at radius 1 is 1.29 bits per heavy atom. The lowest BCUT2D eigenvalue weighted by atomic mass is 9.96. The summed E-state index contributed by atoms with van der Waals surface area (Å²) in [6.07, 6.45) is 7.82. The average Bonchev–Trinajstić information content (AvgIpc) is 3.37. The van der Waals surface area contributed by atoms with Crippen LogP contribution in [0.4, 0.5) is 0 Å². The van der Waals surface area contributed by atoms with E-state index in [1.807, 2.05) is 39.8 Å². The van der Waals surface area contributed by atoms with Crippen molar-refractivity contribution in [1.82, 2.24) is 30.2 Å². The predicted octanol–water partition coefficient (Wildman–Crippen LogP) is 2.16. The van der Waals surface area contributed by atoms with E-state index in [9.17, 15) is 4.79 Å². The van der Waals surface area contributed by atoms with Gasteiger partial charge in [0.15, 0.2) is 0 Å². The second kappa shape index (κ2) is 8.39. The van der Waals surface area contributed by atoms with Crippen LogP contribution in [0.5, 0.6) is 0 Å². The Hall–Kier alpha value is -2.93. The molecule has 146 valence electrons. The number of carbonyl (C=O) groups excluding carboxylic acids is 1. The van der Waals surface area contributed by atoms with Crippen LogP contribution in [0.1, 0.15) is 35.6 Å². The van der Waals surface area contributed by atoms with Crippen LogP contribution in [-0.2, 0) is 17.9 Å². The van der Waals surface area contributed by atoms with E-state index in [-0.39, 0.29) is 12.5 Å². The van der Waals surface area contributed by atoms with E-state index in [1.54, 1.807) is 12.4 Å². The molecule has 1 saturated heterocycles. The van der Waals surface area contributed by atoms with Crippen molar-refractivity contribution in [3.8, 4) is 5.69 Å². The zero-order chi connectivity index (χ0) is 19.3. The maximum Gasteiger partial charge on any atom is 0.242 e. The minimum absolute atomic E-state index is 0.0441. The van der Waals surface area contributed by atoms with Gasteiger partial charge in [0.05, 0.1) is 11.9 Å². The van der Waals surface area contributed by atoms with E-state index < -0.39 is 0 Å². The lowest BCUT2D eigenvalue weighted by Crippen LogP contribution is -2.32. The van der Waals surface area contributed by atoms with Gasteiger partial charge in [-0.1, -0.05) is 18.2 Å². The summed E-state index contributed by atoms with van der Waals surface area (Å²) in [6, 6.07) is 10.1. The van der Waals surface area contributed by atoms with Crippen molar-refractivity contribution in [1.29, 1.82) is 0 Å². The number of para-hydroxylation sites is 1. The molecule has 3 aromatic rings. The summed E-state index contributed by atoms with van der Waals surface area (Å²) in [5, 5.41) is 15.2. The summed E-state index contributed by atoms with van der Waals surface area (Å²) in [4.78, 5) is 12.4.